The van der Waals surface area contributed by atoms with Gasteiger partial charge in [-0.05, 0) is 19.3 Å². The van der Waals surface area contributed by atoms with Crippen LogP contribution in [-0.2, 0) is 4.74 Å². The molecule has 1 atom stereocenters. The fourth-order valence-corrected chi connectivity index (χ4v) is 3.15. The average Bonchev–Trinajstić information content (AvgIpc) is 2.81. The van der Waals surface area contributed by atoms with E-state index in [9.17, 15) is 0 Å². The molecule has 0 radical (unpaired) electrons. The lowest BCUT2D eigenvalue weighted by molar-refractivity contribution is 0.0175. The largest absolute Gasteiger partial charge is 0.379 e. The quantitative estimate of drug-likeness (QED) is 0.724. The summed E-state index contributed by atoms with van der Waals surface area (Å²) in [4.78, 5) is 5.33. The van der Waals surface area contributed by atoms with Gasteiger partial charge in [0.1, 0.15) is 0 Å². The summed E-state index contributed by atoms with van der Waals surface area (Å²) in [5.74, 6) is 0. The van der Waals surface area contributed by atoms with E-state index in [0.717, 1.165) is 38.4 Å². The molecule has 0 bridgehead atoms. The fraction of sp³-hybridized carbons (Fsp3) is 1.00. The van der Waals surface area contributed by atoms with Crippen LogP contribution in [0, 0.1) is 0 Å². The van der Waals surface area contributed by atoms with Crippen LogP contribution in [0.1, 0.15) is 33.1 Å². The van der Waals surface area contributed by atoms with Crippen LogP contribution in [0.4, 0.5) is 0 Å². The number of hydrogen-bond acceptors (Lipinski definition) is 3. The predicted molar refractivity (Wildman–Crippen MR) is 66.7 cm³/mol. The lowest BCUT2D eigenvalue weighted by atomic mass is 10.1. The van der Waals surface area contributed by atoms with Gasteiger partial charge in [-0.2, -0.15) is 0 Å². The molecule has 0 aromatic carbocycles. The van der Waals surface area contributed by atoms with Crippen molar-refractivity contribution in [2.24, 2.45) is 0 Å². The van der Waals surface area contributed by atoms with Crippen molar-refractivity contribution in [1.82, 2.24) is 9.80 Å². The van der Waals surface area contributed by atoms with E-state index < -0.39 is 0 Å². The Balaban J connectivity index is 1.82. The van der Waals surface area contributed by atoms with Crippen molar-refractivity contribution < 1.29 is 4.74 Å². The number of ether oxygens (including phenoxy) is 1. The molecule has 16 heavy (non-hydrogen) atoms. The van der Waals surface area contributed by atoms with Gasteiger partial charge in [-0.3, -0.25) is 9.80 Å². The highest BCUT2D eigenvalue weighted by Crippen LogP contribution is 2.21. The molecule has 2 aliphatic heterocycles. The molecule has 0 aliphatic carbocycles. The number of hydrogen-bond donors (Lipinski definition) is 0. The molecule has 0 saturated carbocycles. The summed E-state index contributed by atoms with van der Waals surface area (Å²) < 4.78 is 5.42. The topological polar surface area (TPSA) is 15.7 Å². The van der Waals surface area contributed by atoms with E-state index in [1.54, 1.807) is 0 Å². The van der Waals surface area contributed by atoms with E-state index in [4.69, 9.17) is 4.74 Å². The van der Waals surface area contributed by atoms with Crippen molar-refractivity contribution in [3.05, 3.63) is 0 Å². The zero-order valence-corrected chi connectivity index (χ0v) is 10.8. The summed E-state index contributed by atoms with van der Waals surface area (Å²) in [6.07, 6.45) is 3.95. The third-order valence-electron chi connectivity index (χ3n) is 4.22. The summed E-state index contributed by atoms with van der Waals surface area (Å²) in [6, 6.07) is 1.61. The lowest BCUT2D eigenvalue weighted by Crippen LogP contribution is -2.45. The van der Waals surface area contributed by atoms with E-state index in [-0.39, 0.29) is 0 Å². The lowest BCUT2D eigenvalue weighted by Gasteiger charge is -2.33. The van der Waals surface area contributed by atoms with Crippen LogP contribution in [-0.4, -0.2) is 61.3 Å². The molecule has 3 heteroatoms. The Morgan fingerprint density at radius 1 is 1.12 bits per heavy atom. The van der Waals surface area contributed by atoms with Gasteiger partial charge in [0.2, 0.25) is 0 Å². The highest BCUT2D eigenvalue weighted by atomic mass is 16.5. The first-order valence-electron chi connectivity index (χ1n) is 6.91. The molecule has 94 valence electrons. The Hall–Kier alpha value is -0.120. The van der Waals surface area contributed by atoms with Gasteiger partial charge in [-0.25, -0.2) is 0 Å². The maximum absolute atomic E-state index is 5.42. The van der Waals surface area contributed by atoms with Gasteiger partial charge in [0.05, 0.1) is 13.2 Å². The Morgan fingerprint density at radius 3 is 2.44 bits per heavy atom. The number of likely N-dealkylation sites (tertiary alicyclic amines) is 1. The minimum absolute atomic E-state index is 0.796. The van der Waals surface area contributed by atoms with Crippen molar-refractivity contribution in [1.29, 1.82) is 0 Å². The minimum atomic E-state index is 0.796. The van der Waals surface area contributed by atoms with Crippen molar-refractivity contribution in [3.8, 4) is 0 Å². The molecular weight excluding hydrogens is 200 g/mol. The normalized spacial score (nSPS) is 29.1. The summed E-state index contributed by atoms with van der Waals surface area (Å²) in [7, 11) is 0. The number of rotatable bonds is 4. The first-order valence-corrected chi connectivity index (χ1v) is 6.91. The van der Waals surface area contributed by atoms with Crippen LogP contribution in [0.15, 0.2) is 0 Å². The summed E-state index contributed by atoms with van der Waals surface area (Å²) in [6.45, 7) is 11.4. The van der Waals surface area contributed by atoms with Crippen LogP contribution < -0.4 is 0 Å². The summed E-state index contributed by atoms with van der Waals surface area (Å²) in [5, 5.41) is 0. The summed E-state index contributed by atoms with van der Waals surface area (Å²) >= 11 is 0. The second-order valence-corrected chi connectivity index (χ2v) is 5.06. The number of morpholine rings is 1. The smallest absolute Gasteiger partial charge is 0.0594 e. The molecule has 2 heterocycles. The molecule has 1 unspecified atom stereocenters. The second-order valence-electron chi connectivity index (χ2n) is 5.06. The van der Waals surface area contributed by atoms with Crippen molar-refractivity contribution in [2.45, 2.75) is 45.2 Å². The average molecular weight is 226 g/mol. The molecule has 2 aliphatic rings. The zero-order valence-electron chi connectivity index (χ0n) is 10.8. The molecule has 0 aromatic heterocycles. The molecule has 0 amide bonds. The Labute approximate surface area is 99.7 Å². The third-order valence-corrected chi connectivity index (χ3v) is 4.22. The second kappa shape index (κ2) is 5.99. The molecular formula is C13H26N2O. The molecule has 2 fully saturated rings. The minimum Gasteiger partial charge on any atom is -0.379 e. The Morgan fingerprint density at radius 2 is 1.81 bits per heavy atom. The number of nitrogens with zero attached hydrogens (tertiary/aromatic N) is 2. The van der Waals surface area contributed by atoms with E-state index in [2.05, 4.69) is 23.6 Å². The first kappa shape index (κ1) is 12.3. The molecule has 0 N–H and O–H groups in total. The molecule has 0 aromatic rings. The van der Waals surface area contributed by atoms with Gasteiger partial charge in [0, 0.05) is 38.3 Å². The van der Waals surface area contributed by atoms with Gasteiger partial charge in [-0.1, -0.05) is 13.8 Å². The van der Waals surface area contributed by atoms with Gasteiger partial charge in [0.25, 0.3) is 0 Å². The molecule has 2 saturated heterocycles. The first-order chi connectivity index (χ1) is 7.85. The van der Waals surface area contributed by atoms with E-state index >= 15 is 0 Å². The van der Waals surface area contributed by atoms with Gasteiger partial charge < -0.3 is 4.74 Å². The highest BCUT2D eigenvalue weighted by Gasteiger charge is 2.30. The molecule has 2 rings (SSSR count). The van der Waals surface area contributed by atoms with E-state index in [1.807, 2.05) is 0 Å². The van der Waals surface area contributed by atoms with Crippen LogP contribution in [0.5, 0.6) is 0 Å². The van der Waals surface area contributed by atoms with Crippen LogP contribution in [0.3, 0.4) is 0 Å². The van der Waals surface area contributed by atoms with Gasteiger partial charge in [-0.15, -0.1) is 0 Å². The standard InChI is InChI=1S/C13H26N2O/c1-3-12(4-2)15-6-5-13(11-15)14-7-9-16-10-8-14/h12-13H,3-11H2,1-2H3. The van der Waals surface area contributed by atoms with E-state index in [1.165, 1.54) is 32.4 Å². The summed E-state index contributed by atoms with van der Waals surface area (Å²) in [5.41, 5.74) is 0. The Kier molecular flexibility index (Phi) is 4.62. The fourth-order valence-electron chi connectivity index (χ4n) is 3.15. The highest BCUT2D eigenvalue weighted by molar-refractivity contribution is 4.87. The van der Waals surface area contributed by atoms with Gasteiger partial charge >= 0.3 is 0 Å². The van der Waals surface area contributed by atoms with Crippen molar-refractivity contribution in [3.63, 3.8) is 0 Å². The third kappa shape index (κ3) is 2.76. The van der Waals surface area contributed by atoms with Crippen LogP contribution in [0.25, 0.3) is 0 Å². The zero-order chi connectivity index (χ0) is 11.4. The Bertz CT molecular complexity index is 200. The van der Waals surface area contributed by atoms with Crippen molar-refractivity contribution >= 4 is 0 Å². The molecule has 0 spiro atoms. The van der Waals surface area contributed by atoms with Crippen LogP contribution in [0.2, 0.25) is 0 Å². The van der Waals surface area contributed by atoms with Crippen molar-refractivity contribution in [2.75, 3.05) is 39.4 Å². The SMILES string of the molecule is CCC(CC)N1CCC(N2CCOCC2)C1. The van der Waals surface area contributed by atoms with Gasteiger partial charge in [0.15, 0.2) is 0 Å². The predicted octanol–water partition coefficient (Wildman–Crippen LogP) is 1.58. The molecule has 3 nitrogen and oxygen atoms in total. The van der Waals surface area contributed by atoms with Crippen LogP contribution >= 0.6 is 0 Å². The van der Waals surface area contributed by atoms with E-state index in [0.29, 0.717) is 0 Å². The maximum atomic E-state index is 5.42. The maximum Gasteiger partial charge on any atom is 0.0594 e. The monoisotopic (exact) mass is 226 g/mol.